The zero-order valence-corrected chi connectivity index (χ0v) is 12.9. The predicted octanol–water partition coefficient (Wildman–Crippen LogP) is 3.06. The Morgan fingerprint density at radius 2 is 1.81 bits per heavy atom. The van der Waals surface area contributed by atoms with Gasteiger partial charge in [0.2, 0.25) is 0 Å². The zero-order chi connectivity index (χ0) is 15.0. The van der Waals surface area contributed by atoms with Crippen LogP contribution in [-0.2, 0) is 6.61 Å². The van der Waals surface area contributed by atoms with Crippen molar-refractivity contribution >= 4 is 0 Å². The summed E-state index contributed by atoms with van der Waals surface area (Å²) in [6.07, 6.45) is 2.31. The van der Waals surface area contributed by atoms with Crippen LogP contribution in [0.1, 0.15) is 67.5 Å². The summed E-state index contributed by atoms with van der Waals surface area (Å²) in [5.41, 5.74) is 1.68. The summed E-state index contributed by atoms with van der Waals surface area (Å²) in [5.74, 6) is 3.63. The average molecular weight is 288 g/mol. The molecule has 0 aliphatic heterocycles. The van der Waals surface area contributed by atoms with E-state index in [-0.39, 0.29) is 6.61 Å². The summed E-state index contributed by atoms with van der Waals surface area (Å²) in [4.78, 5) is 13.3. The van der Waals surface area contributed by atoms with Gasteiger partial charge in [0.1, 0.15) is 5.82 Å². The molecule has 6 heteroatoms. The number of rotatable bonds is 5. The summed E-state index contributed by atoms with van der Waals surface area (Å²) in [6.45, 7) is 8.27. The van der Waals surface area contributed by atoms with Crippen LogP contribution in [0.15, 0.2) is 4.52 Å². The van der Waals surface area contributed by atoms with Gasteiger partial charge in [-0.2, -0.15) is 4.98 Å². The average Bonchev–Trinajstić information content (AvgIpc) is 3.17. The molecule has 0 saturated heterocycles. The fraction of sp³-hybridized carbons (Fsp3) is 0.600. The minimum absolute atomic E-state index is 0.256. The molecule has 112 valence electrons. The highest BCUT2D eigenvalue weighted by molar-refractivity contribution is 5.31. The van der Waals surface area contributed by atoms with Crippen molar-refractivity contribution in [2.75, 3.05) is 0 Å². The molecule has 0 unspecified atom stereocenters. The first kappa shape index (κ1) is 14.0. The summed E-state index contributed by atoms with van der Waals surface area (Å²) < 4.78 is 11.0. The fourth-order valence-electron chi connectivity index (χ4n) is 2.17. The van der Waals surface area contributed by atoms with Gasteiger partial charge in [0.05, 0.1) is 11.4 Å². The second-order valence-electron chi connectivity index (χ2n) is 5.85. The highest BCUT2D eigenvalue weighted by atomic mass is 16.5. The first-order valence-electron chi connectivity index (χ1n) is 7.35. The summed E-state index contributed by atoms with van der Waals surface area (Å²) >= 11 is 0. The maximum atomic E-state index is 5.78. The first-order chi connectivity index (χ1) is 10.0. The lowest BCUT2D eigenvalue weighted by Crippen LogP contribution is -2.06. The molecular weight excluding hydrogens is 268 g/mol. The van der Waals surface area contributed by atoms with Crippen LogP contribution in [0.2, 0.25) is 0 Å². The van der Waals surface area contributed by atoms with Gasteiger partial charge in [0, 0.05) is 11.8 Å². The minimum Gasteiger partial charge on any atom is -0.480 e. The Balaban J connectivity index is 1.71. The van der Waals surface area contributed by atoms with Crippen LogP contribution in [0.5, 0.6) is 5.75 Å². The molecule has 0 aromatic carbocycles. The Hall–Kier alpha value is -1.98. The van der Waals surface area contributed by atoms with Gasteiger partial charge >= 0.3 is 0 Å². The monoisotopic (exact) mass is 288 g/mol. The Kier molecular flexibility index (Phi) is 3.61. The number of aromatic nitrogens is 4. The molecule has 1 saturated carbocycles. The summed E-state index contributed by atoms with van der Waals surface area (Å²) in [5, 5.41) is 3.98. The van der Waals surface area contributed by atoms with E-state index >= 15 is 0 Å². The number of aryl methyl sites for hydroxylation is 2. The van der Waals surface area contributed by atoms with Crippen LogP contribution in [-0.4, -0.2) is 20.1 Å². The molecule has 0 bridgehead atoms. The maximum Gasteiger partial charge on any atom is 0.264 e. The van der Waals surface area contributed by atoms with Gasteiger partial charge < -0.3 is 9.26 Å². The van der Waals surface area contributed by atoms with Crippen molar-refractivity contribution < 1.29 is 9.26 Å². The van der Waals surface area contributed by atoms with Crippen LogP contribution < -0.4 is 4.74 Å². The minimum atomic E-state index is 0.256. The van der Waals surface area contributed by atoms with Gasteiger partial charge in [-0.15, -0.1) is 0 Å². The van der Waals surface area contributed by atoms with E-state index in [4.69, 9.17) is 9.26 Å². The molecule has 0 atom stereocenters. The van der Waals surface area contributed by atoms with Crippen molar-refractivity contribution in [1.82, 2.24) is 20.1 Å². The van der Waals surface area contributed by atoms with Crippen molar-refractivity contribution in [2.24, 2.45) is 0 Å². The standard InChI is InChI=1S/C15H20N4O2/c1-8(2)14-16-9(3)13(10(4)17-14)20-7-12-18-15(19-21-12)11-5-6-11/h8,11H,5-7H2,1-4H3. The van der Waals surface area contributed by atoms with E-state index in [1.165, 1.54) is 0 Å². The highest BCUT2D eigenvalue weighted by Crippen LogP contribution is 2.38. The molecule has 3 rings (SSSR count). The van der Waals surface area contributed by atoms with Crippen LogP contribution in [0, 0.1) is 13.8 Å². The largest absolute Gasteiger partial charge is 0.480 e. The third-order valence-corrected chi connectivity index (χ3v) is 3.50. The molecule has 1 fully saturated rings. The van der Waals surface area contributed by atoms with Crippen LogP contribution >= 0.6 is 0 Å². The fourth-order valence-corrected chi connectivity index (χ4v) is 2.17. The molecule has 0 spiro atoms. The Morgan fingerprint density at radius 1 is 1.14 bits per heavy atom. The van der Waals surface area contributed by atoms with Gasteiger partial charge in [-0.1, -0.05) is 19.0 Å². The van der Waals surface area contributed by atoms with Gasteiger partial charge in [-0.3, -0.25) is 0 Å². The molecule has 1 aliphatic carbocycles. The van der Waals surface area contributed by atoms with E-state index in [9.17, 15) is 0 Å². The third-order valence-electron chi connectivity index (χ3n) is 3.50. The number of hydrogen-bond donors (Lipinski definition) is 0. The highest BCUT2D eigenvalue weighted by Gasteiger charge is 2.28. The summed E-state index contributed by atoms with van der Waals surface area (Å²) in [6, 6.07) is 0. The Bertz CT molecular complexity index is 624. The van der Waals surface area contributed by atoms with Crippen LogP contribution in [0.3, 0.4) is 0 Å². The molecule has 0 amide bonds. The third kappa shape index (κ3) is 3.04. The topological polar surface area (TPSA) is 73.9 Å². The quantitative estimate of drug-likeness (QED) is 0.841. The Morgan fingerprint density at radius 3 is 2.38 bits per heavy atom. The van der Waals surface area contributed by atoms with Crippen molar-refractivity contribution in [3.05, 3.63) is 28.9 Å². The molecule has 2 aromatic rings. The Labute approximate surface area is 124 Å². The van der Waals surface area contributed by atoms with E-state index in [1.54, 1.807) is 0 Å². The van der Waals surface area contributed by atoms with Crippen molar-refractivity contribution in [3.63, 3.8) is 0 Å². The van der Waals surface area contributed by atoms with Crippen molar-refractivity contribution in [3.8, 4) is 5.75 Å². The van der Waals surface area contributed by atoms with E-state index in [2.05, 4.69) is 34.0 Å². The SMILES string of the molecule is Cc1nc(C(C)C)nc(C)c1OCc1nc(C2CC2)no1. The van der Waals surface area contributed by atoms with Crippen molar-refractivity contribution in [2.45, 2.75) is 59.0 Å². The zero-order valence-electron chi connectivity index (χ0n) is 12.9. The summed E-state index contributed by atoms with van der Waals surface area (Å²) in [7, 11) is 0. The van der Waals surface area contributed by atoms with Gasteiger partial charge in [0.25, 0.3) is 5.89 Å². The molecule has 1 aliphatic rings. The second kappa shape index (κ2) is 5.42. The van der Waals surface area contributed by atoms with E-state index in [0.717, 1.165) is 35.9 Å². The van der Waals surface area contributed by atoms with Crippen molar-refractivity contribution in [1.29, 1.82) is 0 Å². The molecule has 6 nitrogen and oxygen atoms in total. The second-order valence-corrected chi connectivity index (χ2v) is 5.85. The molecular formula is C15H20N4O2. The lowest BCUT2D eigenvalue weighted by molar-refractivity contribution is 0.238. The van der Waals surface area contributed by atoms with E-state index in [1.807, 2.05) is 13.8 Å². The molecule has 0 radical (unpaired) electrons. The number of ether oxygens (including phenoxy) is 1. The predicted molar refractivity (Wildman–Crippen MR) is 76.2 cm³/mol. The van der Waals surface area contributed by atoms with Gasteiger partial charge in [-0.05, 0) is 26.7 Å². The normalized spacial score (nSPS) is 14.7. The number of nitrogens with zero attached hydrogens (tertiary/aromatic N) is 4. The smallest absolute Gasteiger partial charge is 0.264 e. The number of hydrogen-bond acceptors (Lipinski definition) is 6. The van der Waals surface area contributed by atoms with Gasteiger partial charge in [0.15, 0.2) is 18.2 Å². The lowest BCUT2D eigenvalue weighted by Gasteiger charge is -2.12. The first-order valence-corrected chi connectivity index (χ1v) is 7.35. The van der Waals surface area contributed by atoms with Gasteiger partial charge in [-0.25, -0.2) is 9.97 Å². The molecule has 2 aromatic heterocycles. The lowest BCUT2D eigenvalue weighted by atomic mass is 10.2. The molecule has 0 N–H and O–H groups in total. The molecule has 21 heavy (non-hydrogen) atoms. The van der Waals surface area contributed by atoms with Crippen LogP contribution in [0.4, 0.5) is 0 Å². The maximum absolute atomic E-state index is 5.78. The van der Waals surface area contributed by atoms with Crippen LogP contribution in [0.25, 0.3) is 0 Å². The molecule has 2 heterocycles. The van der Waals surface area contributed by atoms with E-state index in [0.29, 0.717) is 23.5 Å². The van der Waals surface area contributed by atoms with E-state index < -0.39 is 0 Å².